The van der Waals surface area contributed by atoms with Gasteiger partial charge in [-0.1, -0.05) is 24.3 Å². The van der Waals surface area contributed by atoms with Crippen LogP contribution >= 0.6 is 0 Å². The molecule has 2 aliphatic heterocycles. The zero-order valence-corrected chi connectivity index (χ0v) is 13.2. The molecule has 116 valence electrons. The molecule has 0 N–H and O–H groups in total. The van der Waals surface area contributed by atoms with Gasteiger partial charge in [0.1, 0.15) is 5.82 Å². The molecule has 0 radical (unpaired) electrons. The molecule has 2 aliphatic rings. The lowest BCUT2D eigenvalue weighted by molar-refractivity contribution is 0.202. The molecule has 22 heavy (non-hydrogen) atoms. The molecule has 0 saturated carbocycles. The highest BCUT2D eigenvalue weighted by molar-refractivity contribution is 5.94. The van der Waals surface area contributed by atoms with Crippen LogP contribution in [0, 0.1) is 5.82 Å². The van der Waals surface area contributed by atoms with Gasteiger partial charge in [0.2, 0.25) is 0 Å². The Morgan fingerprint density at radius 3 is 2.45 bits per heavy atom. The molecule has 0 unspecified atom stereocenters. The van der Waals surface area contributed by atoms with Crippen LogP contribution in [0.4, 0.5) is 10.1 Å². The molecule has 4 rings (SSSR count). The summed E-state index contributed by atoms with van der Waals surface area (Å²) in [7, 11) is 2.16. The van der Waals surface area contributed by atoms with Gasteiger partial charge in [-0.05, 0) is 50.9 Å². The first-order valence-electron chi connectivity index (χ1n) is 8.33. The van der Waals surface area contributed by atoms with E-state index in [4.69, 9.17) is 0 Å². The van der Waals surface area contributed by atoms with E-state index in [1.165, 1.54) is 38.8 Å². The summed E-state index contributed by atoms with van der Waals surface area (Å²) in [4.78, 5) is 5.01. The van der Waals surface area contributed by atoms with Gasteiger partial charge in [-0.15, -0.1) is 0 Å². The Bertz CT molecular complexity index is 687. The molecule has 2 saturated heterocycles. The van der Waals surface area contributed by atoms with Gasteiger partial charge in [-0.3, -0.25) is 4.90 Å². The minimum absolute atomic E-state index is 0.130. The lowest BCUT2D eigenvalue weighted by Gasteiger charge is -2.37. The number of benzene rings is 2. The van der Waals surface area contributed by atoms with Crippen LogP contribution < -0.4 is 4.90 Å². The normalized spacial score (nSPS) is 20.5. The number of nitrogens with zero attached hydrogens (tertiary/aromatic N) is 2. The van der Waals surface area contributed by atoms with Gasteiger partial charge in [-0.2, -0.15) is 0 Å². The second-order valence-electron chi connectivity index (χ2n) is 6.89. The molecule has 2 aromatic rings. The SMILES string of the molecule is CN(CC12CCCN1CCC2)c1ccc(F)c2ccccc12. The minimum atomic E-state index is -0.130. The molecule has 2 fully saturated rings. The summed E-state index contributed by atoms with van der Waals surface area (Å²) in [5.74, 6) is -0.130. The Hall–Kier alpha value is -1.61. The van der Waals surface area contributed by atoms with Crippen LogP contribution in [-0.4, -0.2) is 37.1 Å². The Morgan fingerprint density at radius 1 is 1.05 bits per heavy atom. The Labute approximate surface area is 131 Å². The van der Waals surface area contributed by atoms with Gasteiger partial charge in [-0.25, -0.2) is 4.39 Å². The average molecular weight is 298 g/mol. The summed E-state index contributed by atoms with van der Waals surface area (Å²) in [5, 5.41) is 1.74. The molecule has 0 atom stereocenters. The third-order valence-electron chi connectivity index (χ3n) is 5.60. The highest BCUT2D eigenvalue weighted by Crippen LogP contribution is 2.40. The molecule has 0 bridgehead atoms. The van der Waals surface area contributed by atoms with Crippen molar-refractivity contribution < 1.29 is 4.39 Å². The lowest BCUT2D eigenvalue weighted by atomic mass is 9.93. The van der Waals surface area contributed by atoms with Crippen molar-refractivity contribution in [2.45, 2.75) is 31.2 Å². The van der Waals surface area contributed by atoms with Gasteiger partial charge < -0.3 is 4.90 Å². The third kappa shape index (κ3) is 2.11. The van der Waals surface area contributed by atoms with Crippen molar-refractivity contribution in [3.63, 3.8) is 0 Å². The third-order valence-corrected chi connectivity index (χ3v) is 5.60. The van der Waals surface area contributed by atoms with Crippen LogP contribution in [0.15, 0.2) is 36.4 Å². The fraction of sp³-hybridized carbons (Fsp3) is 0.474. The summed E-state index contributed by atoms with van der Waals surface area (Å²) < 4.78 is 14.0. The maximum atomic E-state index is 14.0. The summed E-state index contributed by atoms with van der Waals surface area (Å²) in [6, 6.07) is 11.3. The van der Waals surface area contributed by atoms with E-state index in [0.29, 0.717) is 5.54 Å². The molecule has 2 aromatic carbocycles. The zero-order chi connectivity index (χ0) is 15.2. The molecule has 0 spiro atoms. The van der Waals surface area contributed by atoms with E-state index in [2.05, 4.69) is 16.8 Å². The summed E-state index contributed by atoms with van der Waals surface area (Å²) >= 11 is 0. The molecule has 0 amide bonds. The lowest BCUT2D eigenvalue weighted by Crippen LogP contribution is -2.47. The van der Waals surface area contributed by atoms with Crippen LogP contribution in [0.2, 0.25) is 0 Å². The van der Waals surface area contributed by atoms with E-state index in [9.17, 15) is 4.39 Å². The van der Waals surface area contributed by atoms with E-state index < -0.39 is 0 Å². The van der Waals surface area contributed by atoms with E-state index in [1.807, 2.05) is 30.3 Å². The van der Waals surface area contributed by atoms with Crippen LogP contribution in [0.3, 0.4) is 0 Å². The minimum Gasteiger partial charge on any atom is -0.372 e. The summed E-state index contributed by atoms with van der Waals surface area (Å²) in [5.41, 5.74) is 1.50. The van der Waals surface area contributed by atoms with Gasteiger partial charge in [0.15, 0.2) is 0 Å². The number of anilines is 1. The number of fused-ring (bicyclic) bond motifs is 2. The predicted octanol–water partition coefficient (Wildman–Crippen LogP) is 4.04. The smallest absolute Gasteiger partial charge is 0.131 e. The highest BCUT2D eigenvalue weighted by Gasteiger charge is 2.44. The van der Waals surface area contributed by atoms with E-state index in [0.717, 1.165) is 23.0 Å². The summed E-state index contributed by atoms with van der Waals surface area (Å²) in [6.07, 6.45) is 5.24. The van der Waals surface area contributed by atoms with Gasteiger partial charge in [0.25, 0.3) is 0 Å². The maximum absolute atomic E-state index is 14.0. The van der Waals surface area contributed by atoms with Gasteiger partial charge in [0.05, 0.1) is 0 Å². The Kier molecular flexibility index (Phi) is 3.33. The number of likely N-dealkylation sites (N-methyl/N-ethyl adjacent to an activating group) is 1. The number of hydrogen-bond acceptors (Lipinski definition) is 2. The molecule has 2 nitrogen and oxygen atoms in total. The first kappa shape index (κ1) is 14.0. The first-order valence-corrected chi connectivity index (χ1v) is 8.33. The maximum Gasteiger partial charge on any atom is 0.131 e. The van der Waals surface area contributed by atoms with Crippen LogP contribution in [0.25, 0.3) is 10.8 Å². The monoisotopic (exact) mass is 298 g/mol. The Balaban J connectivity index is 1.69. The second-order valence-corrected chi connectivity index (χ2v) is 6.89. The topological polar surface area (TPSA) is 6.48 Å². The van der Waals surface area contributed by atoms with Gasteiger partial charge >= 0.3 is 0 Å². The van der Waals surface area contributed by atoms with Crippen LogP contribution in [-0.2, 0) is 0 Å². The van der Waals surface area contributed by atoms with Crippen molar-refractivity contribution in [3.05, 3.63) is 42.2 Å². The zero-order valence-electron chi connectivity index (χ0n) is 13.2. The standard InChI is InChI=1S/C19H23FN2/c1-21(14-19-10-4-12-22(19)13-5-11-19)18-9-8-17(20)15-6-2-3-7-16(15)18/h2-3,6-9H,4-5,10-14H2,1H3. The molecule has 0 aromatic heterocycles. The van der Waals surface area contributed by atoms with E-state index >= 15 is 0 Å². The second kappa shape index (κ2) is 5.24. The van der Waals surface area contributed by atoms with Crippen molar-refractivity contribution in [3.8, 4) is 0 Å². The van der Waals surface area contributed by atoms with E-state index in [-0.39, 0.29) is 5.82 Å². The quantitative estimate of drug-likeness (QED) is 0.843. The van der Waals surface area contributed by atoms with Crippen molar-refractivity contribution in [1.29, 1.82) is 0 Å². The molecule has 3 heteroatoms. The molecule has 2 heterocycles. The fourth-order valence-electron chi connectivity index (χ4n) is 4.59. The number of rotatable bonds is 3. The van der Waals surface area contributed by atoms with Crippen molar-refractivity contribution in [2.75, 3.05) is 31.6 Å². The fourth-order valence-corrected chi connectivity index (χ4v) is 4.59. The highest BCUT2D eigenvalue weighted by atomic mass is 19.1. The predicted molar refractivity (Wildman–Crippen MR) is 89.9 cm³/mol. The number of hydrogen-bond donors (Lipinski definition) is 0. The number of halogens is 1. The molecule has 0 aliphatic carbocycles. The van der Waals surface area contributed by atoms with Crippen LogP contribution in [0.1, 0.15) is 25.7 Å². The van der Waals surface area contributed by atoms with Crippen LogP contribution in [0.5, 0.6) is 0 Å². The van der Waals surface area contributed by atoms with Crippen molar-refractivity contribution in [2.24, 2.45) is 0 Å². The Morgan fingerprint density at radius 2 is 1.73 bits per heavy atom. The largest absolute Gasteiger partial charge is 0.372 e. The first-order chi connectivity index (χ1) is 10.7. The molecular weight excluding hydrogens is 275 g/mol. The van der Waals surface area contributed by atoms with Gasteiger partial charge in [0, 0.05) is 35.6 Å². The molecular formula is C19H23FN2. The average Bonchev–Trinajstić information content (AvgIpc) is 3.07. The van der Waals surface area contributed by atoms with Crippen molar-refractivity contribution in [1.82, 2.24) is 4.90 Å². The summed E-state index contributed by atoms with van der Waals surface area (Å²) in [6.45, 7) is 3.54. The van der Waals surface area contributed by atoms with E-state index in [1.54, 1.807) is 6.07 Å². The van der Waals surface area contributed by atoms with Crippen molar-refractivity contribution >= 4 is 16.5 Å².